The van der Waals surface area contributed by atoms with Crippen molar-refractivity contribution in [2.45, 2.75) is 39.5 Å². The van der Waals surface area contributed by atoms with Gasteiger partial charge in [-0.15, -0.1) is 0 Å². The maximum Gasteiger partial charge on any atom is 0.129 e. The van der Waals surface area contributed by atoms with Gasteiger partial charge in [0.05, 0.1) is 12.6 Å². The SMILES string of the molecule is CCC(C)OCc1ccc(CNC)o1. The van der Waals surface area contributed by atoms with Crippen molar-refractivity contribution in [3.63, 3.8) is 0 Å². The fourth-order valence-electron chi connectivity index (χ4n) is 1.11. The van der Waals surface area contributed by atoms with E-state index in [0.717, 1.165) is 24.5 Å². The van der Waals surface area contributed by atoms with Crippen LogP contribution in [0.2, 0.25) is 0 Å². The summed E-state index contributed by atoms with van der Waals surface area (Å²) < 4.78 is 11.1. The summed E-state index contributed by atoms with van der Waals surface area (Å²) in [4.78, 5) is 0. The van der Waals surface area contributed by atoms with Gasteiger partial charge < -0.3 is 14.5 Å². The third-order valence-electron chi connectivity index (χ3n) is 2.15. The number of furan rings is 1. The molecule has 1 N–H and O–H groups in total. The van der Waals surface area contributed by atoms with Gasteiger partial charge in [-0.1, -0.05) is 6.92 Å². The molecule has 0 aliphatic carbocycles. The van der Waals surface area contributed by atoms with Crippen molar-refractivity contribution in [1.29, 1.82) is 0 Å². The predicted octanol–water partition coefficient (Wildman–Crippen LogP) is 2.31. The molecule has 0 saturated heterocycles. The van der Waals surface area contributed by atoms with Crippen molar-refractivity contribution in [3.8, 4) is 0 Å². The van der Waals surface area contributed by atoms with Gasteiger partial charge in [0.2, 0.25) is 0 Å². The second-order valence-corrected chi connectivity index (χ2v) is 3.43. The van der Waals surface area contributed by atoms with Crippen LogP contribution in [-0.4, -0.2) is 13.2 Å². The molecule has 1 aromatic rings. The quantitative estimate of drug-likeness (QED) is 0.760. The molecule has 0 bridgehead atoms. The van der Waals surface area contributed by atoms with Crippen molar-refractivity contribution in [2.24, 2.45) is 0 Å². The zero-order valence-corrected chi connectivity index (χ0v) is 9.17. The van der Waals surface area contributed by atoms with E-state index < -0.39 is 0 Å². The van der Waals surface area contributed by atoms with Gasteiger partial charge in [0.15, 0.2) is 0 Å². The highest BCUT2D eigenvalue weighted by atomic mass is 16.5. The van der Waals surface area contributed by atoms with Crippen molar-refractivity contribution < 1.29 is 9.15 Å². The number of nitrogens with one attached hydrogen (secondary N) is 1. The van der Waals surface area contributed by atoms with Crippen LogP contribution in [0.4, 0.5) is 0 Å². The van der Waals surface area contributed by atoms with E-state index in [1.54, 1.807) is 0 Å². The highest BCUT2D eigenvalue weighted by molar-refractivity contribution is 5.06. The lowest BCUT2D eigenvalue weighted by molar-refractivity contribution is 0.0401. The van der Waals surface area contributed by atoms with E-state index in [2.05, 4.69) is 19.2 Å². The van der Waals surface area contributed by atoms with Crippen LogP contribution in [0.25, 0.3) is 0 Å². The van der Waals surface area contributed by atoms with Crippen molar-refractivity contribution >= 4 is 0 Å². The van der Waals surface area contributed by atoms with Crippen LogP contribution in [0.3, 0.4) is 0 Å². The molecule has 1 rings (SSSR count). The van der Waals surface area contributed by atoms with E-state index in [0.29, 0.717) is 12.7 Å². The Hall–Kier alpha value is -0.800. The lowest BCUT2D eigenvalue weighted by atomic mass is 10.3. The first-order valence-corrected chi connectivity index (χ1v) is 5.10. The van der Waals surface area contributed by atoms with Gasteiger partial charge in [0.1, 0.15) is 18.1 Å². The third kappa shape index (κ3) is 3.52. The Bertz CT molecular complexity index is 258. The molecule has 3 nitrogen and oxygen atoms in total. The molecule has 0 spiro atoms. The topological polar surface area (TPSA) is 34.4 Å². The summed E-state index contributed by atoms with van der Waals surface area (Å²) in [6, 6.07) is 3.95. The minimum absolute atomic E-state index is 0.299. The first-order valence-electron chi connectivity index (χ1n) is 5.10. The predicted molar refractivity (Wildman–Crippen MR) is 56.0 cm³/mol. The van der Waals surface area contributed by atoms with Crippen LogP contribution >= 0.6 is 0 Å². The maximum atomic E-state index is 5.55. The lowest BCUT2D eigenvalue weighted by Crippen LogP contribution is -2.05. The molecule has 0 aliphatic rings. The van der Waals surface area contributed by atoms with E-state index in [-0.39, 0.29) is 0 Å². The highest BCUT2D eigenvalue weighted by Crippen LogP contribution is 2.10. The molecule has 0 aromatic carbocycles. The van der Waals surface area contributed by atoms with E-state index in [1.165, 1.54) is 0 Å². The van der Waals surface area contributed by atoms with Gasteiger partial charge in [-0.3, -0.25) is 0 Å². The van der Waals surface area contributed by atoms with Crippen LogP contribution in [0, 0.1) is 0 Å². The van der Waals surface area contributed by atoms with Gasteiger partial charge in [-0.2, -0.15) is 0 Å². The molecule has 1 aromatic heterocycles. The van der Waals surface area contributed by atoms with Gasteiger partial charge >= 0.3 is 0 Å². The second kappa shape index (κ2) is 5.83. The van der Waals surface area contributed by atoms with Gasteiger partial charge in [0, 0.05) is 0 Å². The number of hydrogen-bond donors (Lipinski definition) is 1. The third-order valence-corrected chi connectivity index (χ3v) is 2.15. The summed E-state index contributed by atoms with van der Waals surface area (Å²) in [6.45, 7) is 5.51. The van der Waals surface area contributed by atoms with E-state index in [9.17, 15) is 0 Å². The zero-order valence-electron chi connectivity index (χ0n) is 9.17. The minimum atomic E-state index is 0.299. The summed E-state index contributed by atoms with van der Waals surface area (Å²) >= 11 is 0. The van der Waals surface area contributed by atoms with Gasteiger partial charge in [-0.05, 0) is 32.5 Å². The van der Waals surface area contributed by atoms with Crippen LogP contribution in [0.15, 0.2) is 16.5 Å². The van der Waals surface area contributed by atoms with Gasteiger partial charge in [0.25, 0.3) is 0 Å². The summed E-state index contributed by atoms with van der Waals surface area (Å²) in [5.41, 5.74) is 0. The zero-order chi connectivity index (χ0) is 10.4. The molecule has 1 unspecified atom stereocenters. The average Bonchev–Trinajstić information content (AvgIpc) is 2.63. The molecule has 3 heteroatoms. The minimum Gasteiger partial charge on any atom is -0.462 e. The van der Waals surface area contributed by atoms with Crippen LogP contribution < -0.4 is 5.32 Å². The lowest BCUT2D eigenvalue weighted by Gasteiger charge is -2.08. The summed E-state index contributed by atoms with van der Waals surface area (Å²) in [7, 11) is 1.90. The van der Waals surface area contributed by atoms with E-state index in [1.807, 2.05) is 19.2 Å². The molecule has 80 valence electrons. The molecule has 1 atom stereocenters. The van der Waals surface area contributed by atoms with Crippen LogP contribution in [0.5, 0.6) is 0 Å². The summed E-state index contributed by atoms with van der Waals surface area (Å²) in [6.07, 6.45) is 1.33. The Morgan fingerprint density at radius 1 is 1.43 bits per heavy atom. The first kappa shape index (κ1) is 11.3. The second-order valence-electron chi connectivity index (χ2n) is 3.43. The van der Waals surface area contributed by atoms with E-state index in [4.69, 9.17) is 9.15 Å². The number of ether oxygens (including phenoxy) is 1. The van der Waals surface area contributed by atoms with Gasteiger partial charge in [-0.25, -0.2) is 0 Å². The fourth-order valence-corrected chi connectivity index (χ4v) is 1.11. The van der Waals surface area contributed by atoms with Crippen molar-refractivity contribution in [2.75, 3.05) is 7.05 Å². The molecule has 1 heterocycles. The molecule has 14 heavy (non-hydrogen) atoms. The Kier molecular flexibility index (Phi) is 4.70. The Labute approximate surface area is 85.4 Å². The molecule has 0 saturated carbocycles. The average molecular weight is 197 g/mol. The molecule has 0 aliphatic heterocycles. The number of rotatable bonds is 6. The van der Waals surface area contributed by atoms with Crippen molar-refractivity contribution in [1.82, 2.24) is 5.32 Å². The van der Waals surface area contributed by atoms with Crippen LogP contribution in [-0.2, 0) is 17.9 Å². The molecular weight excluding hydrogens is 178 g/mol. The Balaban J connectivity index is 2.35. The Morgan fingerprint density at radius 3 is 2.79 bits per heavy atom. The summed E-state index contributed by atoms with van der Waals surface area (Å²) in [5.74, 6) is 1.85. The molecular formula is C11H19NO2. The first-order chi connectivity index (χ1) is 6.76. The van der Waals surface area contributed by atoms with Crippen molar-refractivity contribution in [3.05, 3.63) is 23.7 Å². The van der Waals surface area contributed by atoms with E-state index >= 15 is 0 Å². The molecule has 0 radical (unpaired) electrons. The molecule has 0 amide bonds. The summed E-state index contributed by atoms with van der Waals surface area (Å²) in [5, 5.41) is 3.04. The fraction of sp³-hybridized carbons (Fsp3) is 0.636. The standard InChI is InChI=1S/C11H19NO2/c1-4-9(2)13-8-11-6-5-10(14-11)7-12-3/h5-6,9,12H,4,7-8H2,1-3H3. The monoisotopic (exact) mass is 197 g/mol. The normalized spacial score (nSPS) is 13.1. The Morgan fingerprint density at radius 2 is 2.14 bits per heavy atom. The largest absolute Gasteiger partial charge is 0.462 e. The molecule has 0 fully saturated rings. The maximum absolute atomic E-state index is 5.55. The smallest absolute Gasteiger partial charge is 0.129 e. The van der Waals surface area contributed by atoms with Crippen LogP contribution in [0.1, 0.15) is 31.8 Å². The number of hydrogen-bond acceptors (Lipinski definition) is 3. The highest BCUT2D eigenvalue weighted by Gasteiger charge is 2.03.